The Kier molecular flexibility index (Phi) is 8.00. The van der Waals surface area contributed by atoms with Crippen LogP contribution < -0.4 is 5.32 Å². The van der Waals surface area contributed by atoms with Crippen LogP contribution in [-0.2, 0) is 14.3 Å². The van der Waals surface area contributed by atoms with Crippen molar-refractivity contribution >= 4 is 31.4 Å². The highest BCUT2D eigenvalue weighted by atomic mass is 35.5. The Hall–Kier alpha value is -0.825. The third-order valence-electron chi connectivity index (χ3n) is 3.10. The lowest BCUT2D eigenvalue weighted by Crippen LogP contribution is -2.56. The van der Waals surface area contributed by atoms with Gasteiger partial charge in [-0.05, 0) is 6.82 Å². The number of esters is 1. The number of carbonyl (C=O) groups excluding carboxylic acids is 1. The topological polar surface area (TPSA) is 99.1 Å². The van der Waals surface area contributed by atoms with E-state index in [2.05, 4.69) is 10.1 Å². The molecule has 9 heteroatoms. The summed E-state index contributed by atoms with van der Waals surface area (Å²) >= 11 is 0. The summed E-state index contributed by atoms with van der Waals surface area (Å²) in [6.07, 6.45) is 0. The quantitative estimate of drug-likeness (QED) is 0.449. The van der Waals surface area contributed by atoms with Crippen molar-refractivity contribution in [3.63, 3.8) is 0 Å². The minimum absolute atomic E-state index is 0. The third kappa shape index (κ3) is 5.36. The maximum atomic E-state index is 10.5. The van der Waals surface area contributed by atoms with Gasteiger partial charge in [-0.15, -0.1) is 12.4 Å². The van der Waals surface area contributed by atoms with Crippen molar-refractivity contribution in [1.82, 2.24) is 10.1 Å². The van der Waals surface area contributed by atoms with Crippen LogP contribution in [0.25, 0.3) is 0 Å². The molecule has 2 heterocycles. The van der Waals surface area contributed by atoms with Gasteiger partial charge in [0.15, 0.2) is 0 Å². The molecule has 3 N–H and O–H groups in total. The van der Waals surface area contributed by atoms with Crippen molar-refractivity contribution in [2.75, 3.05) is 33.3 Å². The number of carbonyl (C=O) groups is 2. The summed E-state index contributed by atoms with van der Waals surface area (Å²) < 4.78 is 4.48. The predicted molar refractivity (Wildman–Crippen MR) is 72.2 cm³/mol. The number of halogens is 1. The zero-order chi connectivity index (χ0) is 13.7. The van der Waals surface area contributed by atoms with E-state index in [0.717, 1.165) is 13.1 Å². The molecule has 0 radical (unpaired) electrons. The molecule has 0 aromatic heterocycles. The van der Waals surface area contributed by atoms with Crippen LogP contribution >= 0.6 is 12.4 Å². The monoisotopic (exact) mass is 294 g/mol. The first kappa shape index (κ1) is 18.2. The normalized spacial score (nSPS) is 18.9. The van der Waals surface area contributed by atoms with Crippen molar-refractivity contribution in [1.29, 1.82) is 0 Å². The van der Waals surface area contributed by atoms with Crippen molar-refractivity contribution in [3.8, 4) is 0 Å². The summed E-state index contributed by atoms with van der Waals surface area (Å²) in [5.41, 5.74) is 0. The Bertz CT molecular complexity index is 308. The molecule has 0 saturated carbocycles. The minimum atomic E-state index is -0.767. The average Bonchev–Trinajstić information content (AvgIpc) is 2.11. The highest BCUT2D eigenvalue weighted by Gasteiger charge is 2.35. The van der Waals surface area contributed by atoms with Crippen LogP contribution in [0, 0.1) is 11.8 Å². The molecule has 2 aliphatic rings. The molecule has 2 rings (SSSR count). The molecule has 0 aromatic rings. The molecule has 0 atom stereocenters. The lowest BCUT2D eigenvalue weighted by Gasteiger charge is -2.37. The van der Waals surface area contributed by atoms with Crippen LogP contribution in [0.1, 0.15) is 0 Å². The molecule has 0 amide bonds. The lowest BCUT2D eigenvalue weighted by molar-refractivity contribution is -0.147. The van der Waals surface area contributed by atoms with Gasteiger partial charge in [0.2, 0.25) is 0 Å². The smallest absolute Gasteiger partial charge is 0.376 e. The van der Waals surface area contributed by atoms with Gasteiger partial charge in [-0.25, -0.2) is 0 Å². The molecule has 0 bridgehead atoms. The number of nitrogens with zero attached hydrogens (tertiary/aromatic N) is 1. The Morgan fingerprint density at radius 1 is 1.32 bits per heavy atom. The standard InChI is InChI=1S/C5H10BNO3.C5H9NO2.ClH/c1-6(10)7-2-4(3-7)5(8)9;1-8-5(7)4-2-6-3-4;/h4,10H,2-3H2,1H3,(H,8,9);4,6H,2-3H2,1H3;1H. The largest absolute Gasteiger partial charge is 0.481 e. The first-order chi connectivity index (χ1) is 8.45. The van der Waals surface area contributed by atoms with Crippen LogP contribution in [0.5, 0.6) is 0 Å². The number of carboxylic acid groups (broad SMARTS) is 1. The second-order valence-corrected chi connectivity index (χ2v) is 4.50. The van der Waals surface area contributed by atoms with Crippen LogP contribution in [0.2, 0.25) is 6.82 Å². The maximum absolute atomic E-state index is 10.5. The molecule has 0 unspecified atom stereocenters. The number of methoxy groups -OCH3 is 1. The molecule has 110 valence electrons. The van der Waals surface area contributed by atoms with Crippen molar-refractivity contribution in [2.24, 2.45) is 11.8 Å². The first-order valence-electron chi connectivity index (χ1n) is 5.89. The van der Waals surface area contributed by atoms with Gasteiger partial charge in [-0.3, -0.25) is 9.59 Å². The molecule has 2 saturated heterocycles. The molecular formula is C10H20BClN2O5. The van der Waals surface area contributed by atoms with E-state index in [1.54, 1.807) is 11.6 Å². The van der Waals surface area contributed by atoms with Crippen LogP contribution in [-0.4, -0.2) is 67.2 Å². The fourth-order valence-corrected chi connectivity index (χ4v) is 1.60. The van der Waals surface area contributed by atoms with E-state index in [1.807, 2.05) is 0 Å². The fourth-order valence-electron chi connectivity index (χ4n) is 1.60. The second-order valence-electron chi connectivity index (χ2n) is 4.50. The number of rotatable bonds is 3. The van der Waals surface area contributed by atoms with E-state index in [9.17, 15) is 9.59 Å². The van der Waals surface area contributed by atoms with Crippen LogP contribution in [0.3, 0.4) is 0 Å². The average molecular weight is 295 g/mol. The van der Waals surface area contributed by atoms with Crippen molar-refractivity contribution in [2.45, 2.75) is 6.82 Å². The Morgan fingerprint density at radius 3 is 2.05 bits per heavy atom. The molecule has 7 nitrogen and oxygen atoms in total. The van der Waals surface area contributed by atoms with Gasteiger partial charge in [0.05, 0.1) is 18.9 Å². The summed E-state index contributed by atoms with van der Waals surface area (Å²) in [4.78, 5) is 22.5. The summed E-state index contributed by atoms with van der Waals surface area (Å²) in [7, 11) is 0.913. The highest BCUT2D eigenvalue weighted by molar-refractivity contribution is 6.45. The third-order valence-corrected chi connectivity index (χ3v) is 3.10. The van der Waals surface area contributed by atoms with E-state index in [1.165, 1.54) is 7.11 Å². The number of hydrogen-bond donors (Lipinski definition) is 3. The molecule has 19 heavy (non-hydrogen) atoms. The van der Waals surface area contributed by atoms with Gasteiger partial charge in [0.25, 0.3) is 0 Å². The summed E-state index contributed by atoms with van der Waals surface area (Å²) in [6.45, 7) is 4.16. The lowest BCUT2D eigenvalue weighted by atomic mass is 9.78. The minimum Gasteiger partial charge on any atom is -0.481 e. The maximum Gasteiger partial charge on any atom is 0.376 e. The molecule has 0 aromatic carbocycles. The summed E-state index contributed by atoms with van der Waals surface area (Å²) in [6, 6.07) is 0. The predicted octanol–water partition coefficient (Wildman–Crippen LogP) is -1.09. The van der Waals surface area contributed by atoms with Gasteiger partial charge in [-0.2, -0.15) is 0 Å². The molecule has 2 aliphatic heterocycles. The summed E-state index contributed by atoms with van der Waals surface area (Å²) in [5.74, 6) is -1.00. The fraction of sp³-hybridized carbons (Fsp3) is 0.800. The number of carboxylic acids is 1. The molecule has 0 aliphatic carbocycles. The zero-order valence-corrected chi connectivity index (χ0v) is 11.9. The second kappa shape index (κ2) is 8.37. The Morgan fingerprint density at radius 2 is 1.84 bits per heavy atom. The molecule has 2 fully saturated rings. The van der Waals surface area contributed by atoms with Gasteiger partial charge in [0.1, 0.15) is 0 Å². The van der Waals surface area contributed by atoms with Gasteiger partial charge < -0.3 is 25.0 Å². The molecular weight excluding hydrogens is 274 g/mol. The van der Waals surface area contributed by atoms with Gasteiger partial charge in [-0.1, -0.05) is 0 Å². The number of ether oxygens (including phenoxy) is 1. The number of nitrogens with one attached hydrogen (secondary N) is 1. The van der Waals surface area contributed by atoms with E-state index in [4.69, 9.17) is 10.1 Å². The van der Waals surface area contributed by atoms with Crippen molar-refractivity contribution < 1.29 is 24.5 Å². The van der Waals surface area contributed by atoms with E-state index in [-0.39, 0.29) is 30.2 Å². The highest BCUT2D eigenvalue weighted by Crippen LogP contribution is 2.15. The van der Waals surface area contributed by atoms with Crippen molar-refractivity contribution in [3.05, 3.63) is 0 Å². The Balaban J connectivity index is 0.000000331. The SMILES string of the molecule is CB(O)N1CC(C(=O)O)C1.COC(=O)C1CNC1.Cl. The van der Waals surface area contributed by atoms with Gasteiger partial charge in [0, 0.05) is 26.2 Å². The molecule has 0 spiro atoms. The first-order valence-corrected chi connectivity index (χ1v) is 5.89. The van der Waals surface area contributed by atoms with Crippen LogP contribution in [0.4, 0.5) is 0 Å². The van der Waals surface area contributed by atoms with E-state index in [0.29, 0.717) is 13.1 Å². The van der Waals surface area contributed by atoms with E-state index >= 15 is 0 Å². The number of hydrogen-bond acceptors (Lipinski definition) is 6. The summed E-state index contributed by atoms with van der Waals surface area (Å²) in [5, 5.41) is 20.3. The van der Waals surface area contributed by atoms with Crippen LogP contribution in [0.15, 0.2) is 0 Å². The number of aliphatic carboxylic acids is 1. The zero-order valence-electron chi connectivity index (χ0n) is 11.0. The Labute approximate surface area is 118 Å². The van der Waals surface area contributed by atoms with Gasteiger partial charge >= 0.3 is 19.0 Å². The van der Waals surface area contributed by atoms with E-state index < -0.39 is 13.0 Å².